The lowest BCUT2D eigenvalue weighted by Gasteiger charge is -2.24. The molecule has 2 atom stereocenters. The van der Waals surface area contributed by atoms with Crippen LogP contribution in [-0.4, -0.2) is 10.2 Å². The number of unbranched alkanes of at least 4 members (excludes halogenated alkanes) is 2. The van der Waals surface area contributed by atoms with Crippen LogP contribution in [0.3, 0.4) is 0 Å². The van der Waals surface area contributed by atoms with E-state index < -0.39 is 0 Å². The monoisotopic (exact) mass is 336 g/mol. The smallest absolute Gasteiger partial charge is 0.118 e. The van der Waals surface area contributed by atoms with Crippen molar-refractivity contribution in [3.8, 4) is 11.5 Å². The molecule has 0 saturated heterocycles. The molecule has 0 bridgehead atoms. The van der Waals surface area contributed by atoms with Gasteiger partial charge in [0.05, 0.1) is 0 Å². The van der Waals surface area contributed by atoms with Gasteiger partial charge in [-0.3, -0.25) is 0 Å². The molecule has 0 aliphatic heterocycles. The van der Waals surface area contributed by atoms with Crippen LogP contribution in [0, 0.1) is 0 Å². The zero-order valence-corrected chi connectivity index (χ0v) is 15.0. The highest BCUT2D eigenvalue weighted by Crippen LogP contribution is 2.37. The molecule has 0 radical (unpaired) electrons. The fourth-order valence-corrected chi connectivity index (χ4v) is 3.70. The van der Waals surface area contributed by atoms with E-state index in [9.17, 15) is 10.2 Å². The maximum absolute atomic E-state index is 10.1. The molecule has 1 aliphatic carbocycles. The van der Waals surface area contributed by atoms with E-state index in [1.807, 2.05) is 18.2 Å². The van der Waals surface area contributed by atoms with Crippen LogP contribution in [0.2, 0.25) is 0 Å². The summed E-state index contributed by atoms with van der Waals surface area (Å²) in [4.78, 5) is 0. The van der Waals surface area contributed by atoms with E-state index in [1.54, 1.807) is 12.1 Å². The van der Waals surface area contributed by atoms with Crippen molar-refractivity contribution in [1.82, 2.24) is 0 Å². The molecule has 2 aromatic carbocycles. The van der Waals surface area contributed by atoms with Gasteiger partial charge in [-0.25, -0.2) is 0 Å². The van der Waals surface area contributed by atoms with Crippen molar-refractivity contribution in [1.29, 1.82) is 0 Å². The number of allylic oxidation sites excluding steroid dienone is 2. The Labute approximate surface area is 150 Å². The van der Waals surface area contributed by atoms with E-state index in [-0.39, 0.29) is 0 Å². The summed E-state index contributed by atoms with van der Waals surface area (Å²) in [6.07, 6.45) is 11.3. The summed E-state index contributed by atoms with van der Waals surface area (Å²) in [6.45, 7) is 2.20. The Bertz CT molecular complexity index is 715. The van der Waals surface area contributed by atoms with Gasteiger partial charge in [0.15, 0.2) is 0 Å². The Morgan fingerprint density at radius 3 is 2.12 bits per heavy atom. The average Bonchev–Trinajstić information content (AvgIpc) is 2.64. The first-order valence-corrected chi connectivity index (χ1v) is 9.46. The average molecular weight is 336 g/mol. The molecule has 2 nitrogen and oxygen atoms in total. The van der Waals surface area contributed by atoms with Crippen LogP contribution in [0.5, 0.6) is 11.5 Å². The molecule has 3 rings (SSSR count). The second kappa shape index (κ2) is 8.24. The van der Waals surface area contributed by atoms with Crippen molar-refractivity contribution in [2.24, 2.45) is 0 Å². The van der Waals surface area contributed by atoms with Crippen LogP contribution in [0.25, 0.3) is 0 Å². The van der Waals surface area contributed by atoms with Gasteiger partial charge in [-0.15, -0.1) is 0 Å². The van der Waals surface area contributed by atoms with Gasteiger partial charge in [-0.05, 0) is 60.6 Å². The van der Waals surface area contributed by atoms with Crippen LogP contribution in [0.1, 0.15) is 67.6 Å². The van der Waals surface area contributed by atoms with Gasteiger partial charge in [0.2, 0.25) is 0 Å². The van der Waals surface area contributed by atoms with Gasteiger partial charge in [-0.2, -0.15) is 0 Å². The summed E-state index contributed by atoms with van der Waals surface area (Å²) in [5, 5.41) is 19.5. The number of aromatic hydroxyl groups is 2. The lowest BCUT2D eigenvalue weighted by molar-refractivity contribution is 0.465. The Hall–Kier alpha value is -2.22. The first kappa shape index (κ1) is 17.6. The highest BCUT2D eigenvalue weighted by molar-refractivity contribution is 5.40. The summed E-state index contributed by atoms with van der Waals surface area (Å²) >= 11 is 0. The normalized spacial score (nSPS) is 19.9. The zero-order chi connectivity index (χ0) is 17.6. The predicted molar refractivity (Wildman–Crippen MR) is 103 cm³/mol. The summed E-state index contributed by atoms with van der Waals surface area (Å²) in [5.74, 6) is 1.61. The standard InChI is InChI=1S/C23H28O2/c1-2-3-4-5-21-16-20(12-15-23(21)25)19-8-6-17(7-9-19)18-10-13-22(24)14-11-18/h6,8,10-17,19,24-25H,2-5,7,9H2,1H3. The third-order valence-electron chi connectivity index (χ3n) is 5.27. The number of phenolic OH excluding ortho intramolecular Hbond substituents is 2. The SMILES string of the molecule is CCCCCc1cc(C2C=CC(c3ccc(O)cc3)CC2)ccc1O. The summed E-state index contributed by atoms with van der Waals surface area (Å²) in [6, 6.07) is 13.7. The highest BCUT2D eigenvalue weighted by atomic mass is 16.3. The highest BCUT2D eigenvalue weighted by Gasteiger charge is 2.19. The lowest BCUT2D eigenvalue weighted by Crippen LogP contribution is -2.07. The van der Waals surface area contributed by atoms with Crippen LogP contribution in [0.15, 0.2) is 54.6 Å². The second-order valence-corrected chi connectivity index (χ2v) is 7.11. The third-order valence-corrected chi connectivity index (χ3v) is 5.27. The Morgan fingerprint density at radius 2 is 1.48 bits per heavy atom. The molecular formula is C23H28O2. The van der Waals surface area contributed by atoms with E-state index in [0.717, 1.165) is 31.2 Å². The predicted octanol–water partition coefficient (Wildman–Crippen LogP) is 6.05. The van der Waals surface area contributed by atoms with E-state index in [4.69, 9.17) is 0 Å². The molecule has 1 aliphatic rings. The number of rotatable bonds is 6. The van der Waals surface area contributed by atoms with Gasteiger partial charge in [-0.1, -0.05) is 56.2 Å². The molecule has 0 fully saturated rings. The van der Waals surface area contributed by atoms with E-state index in [1.165, 1.54) is 24.0 Å². The topological polar surface area (TPSA) is 40.5 Å². The largest absolute Gasteiger partial charge is 0.508 e. The quantitative estimate of drug-likeness (QED) is 0.498. The Morgan fingerprint density at radius 1 is 0.840 bits per heavy atom. The molecule has 0 saturated carbocycles. The number of hydrogen-bond acceptors (Lipinski definition) is 2. The zero-order valence-electron chi connectivity index (χ0n) is 15.0. The number of phenols is 2. The number of benzene rings is 2. The van der Waals surface area contributed by atoms with Crippen LogP contribution >= 0.6 is 0 Å². The van der Waals surface area contributed by atoms with Crippen molar-refractivity contribution >= 4 is 0 Å². The minimum absolute atomic E-state index is 0.320. The molecule has 2 heteroatoms. The molecule has 2 N–H and O–H groups in total. The maximum atomic E-state index is 10.1. The van der Waals surface area contributed by atoms with Crippen LogP contribution in [0.4, 0.5) is 0 Å². The Kier molecular flexibility index (Phi) is 5.80. The van der Waals surface area contributed by atoms with Gasteiger partial charge in [0.1, 0.15) is 11.5 Å². The number of aryl methyl sites for hydroxylation is 1. The van der Waals surface area contributed by atoms with E-state index >= 15 is 0 Å². The van der Waals surface area contributed by atoms with Crippen molar-refractivity contribution in [3.63, 3.8) is 0 Å². The van der Waals surface area contributed by atoms with Gasteiger partial charge >= 0.3 is 0 Å². The van der Waals surface area contributed by atoms with Crippen LogP contribution in [-0.2, 0) is 6.42 Å². The Balaban J connectivity index is 1.70. The fourth-order valence-electron chi connectivity index (χ4n) is 3.70. The summed E-state index contributed by atoms with van der Waals surface area (Å²) in [5.41, 5.74) is 3.66. The summed E-state index contributed by atoms with van der Waals surface area (Å²) < 4.78 is 0. The number of hydrogen-bond donors (Lipinski definition) is 2. The molecule has 0 amide bonds. The van der Waals surface area contributed by atoms with Crippen LogP contribution < -0.4 is 0 Å². The molecule has 132 valence electrons. The van der Waals surface area contributed by atoms with E-state index in [0.29, 0.717) is 23.3 Å². The second-order valence-electron chi connectivity index (χ2n) is 7.11. The first-order valence-electron chi connectivity index (χ1n) is 9.46. The van der Waals surface area contributed by atoms with E-state index in [2.05, 4.69) is 31.2 Å². The summed E-state index contributed by atoms with van der Waals surface area (Å²) in [7, 11) is 0. The van der Waals surface area contributed by atoms with Crippen molar-refractivity contribution in [3.05, 3.63) is 71.3 Å². The minimum atomic E-state index is 0.320. The van der Waals surface area contributed by atoms with Gasteiger partial charge in [0.25, 0.3) is 0 Å². The molecule has 25 heavy (non-hydrogen) atoms. The molecule has 0 spiro atoms. The molecule has 2 unspecified atom stereocenters. The molecule has 0 heterocycles. The van der Waals surface area contributed by atoms with Crippen molar-refractivity contribution < 1.29 is 10.2 Å². The molecular weight excluding hydrogens is 308 g/mol. The van der Waals surface area contributed by atoms with Gasteiger partial charge < -0.3 is 10.2 Å². The first-order chi connectivity index (χ1) is 12.2. The van der Waals surface area contributed by atoms with Crippen molar-refractivity contribution in [2.75, 3.05) is 0 Å². The lowest BCUT2D eigenvalue weighted by atomic mass is 9.81. The molecule has 2 aromatic rings. The molecule has 0 aromatic heterocycles. The van der Waals surface area contributed by atoms with Crippen molar-refractivity contribution in [2.45, 2.75) is 57.3 Å². The van der Waals surface area contributed by atoms with Gasteiger partial charge in [0, 0.05) is 11.8 Å². The minimum Gasteiger partial charge on any atom is -0.508 e. The third kappa shape index (κ3) is 4.45. The fraction of sp³-hybridized carbons (Fsp3) is 0.391. The maximum Gasteiger partial charge on any atom is 0.118 e.